The normalized spacial score (nSPS) is 14.1. The van der Waals surface area contributed by atoms with Crippen LogP contribution in [0.15, 0.2) is 47.4 Å². The predicted octanol–water partition coefficient (Wildman–Crippen LogP) is 1.74. The number of rotatable bonds is 3. The Hall–Kier alpha value is -2.71. The van der Waals surface area contributed by atoms with Crippen molar-refractivity contribution in [3.8, 4) is 5.75 Å². The molecule has 23 heavy (non-hydrogen) atoms. The summed E-state index contributed by atoms with van der Waals surface area (Å²) in [6.45, 7) is 0. The van der Waals surface area contributed by atoms with Crippen LogP contribution < -0.4 is 9.64 Å². The molecule has 0 aliphatic carbocycles. The molecule has 7 nitrogen and oxygen atoms in total. The van der Waals surface area contributed by atoms with Gasteiger partial charge in [-0.1, -0.05) is 12.1 Å². The van der Waals surface area contributed by atoms with Gasteiger partial charge in [-0.05, 0) is 24.3 Å². The summed E-state index contributed by atoms with van der Waals surface area (Å²) in [5.41, 5.74) is 0.0845. The zero-order chi connectivity index (χ0) is 16.8. The summed E-state index contributed by atoms with van der Waals surface area (Å²) in [5.74, 6) is -1.09. The van der Waals surface area contributed by atoms with E-state index >= 15 is 0 Å². The van der Waals surface area contributed by atoms with E-state index in [4.69, 9.17) is 4.74 Å². The number of benzene rings is 2. The quantitative estimate of drug-likeness (QED) is 0.678. The smallest absolute Gasteiger partial charge is 0.296 e. The molecule has 0 bridgehead atoms. The Kier molecular flexibility index (Phi) is 3.42. The minimum atomic E-state index is -4.63. The van der Waals surface area contributed by atoms with Crippen LogP contribution in [0.25, 0.3) is 0 Å². The van der Waals surface area contributed by atoms with Gasteiger partial charge in [-0.3, -0.25) is 14.1 Å². The van der Waals surface area contributed by atoms with Crippen LogP contribution in [0.2, 0.25) is 0 Å². The number of nitrogens with zero attached hydrogens (tertiary/aromatic N) is 1. The number of methoxy groups -OCH3 is 1. The first-order valence-electron chi connectivity index (χ1n) is 6.48. The Morgan fingerprint density at radius 3 is 2.04 bits per heavy atom. The van der Waals surface area contributed by atoms with Crippen LogP contribution in [-0.4, -0.2) is 31.9 Å². The SMILES string of the molecule is COc1ccc(S(=O)(=O)O)c(N2C(=O)c3ccccc3C2=O)c1. The van der Waals surface area contributed by atoms with Gasteiger partial charge in [-0.15, -0.1) is 0 Å². The molecular formula is C15H11NO6S. The predicted molar refractivity (Wildman–Crippen MR) is 80.4 cm³/mol. The zero-order valence-corrected chi connectivity index (χ0v) is 12.7. The fourth-order valence-electron chi connectivity index (χ4n) is 2.43. The Bertz CT molecular complexity index is 900. The Morgan fingerprint density at radius 2 is 1.57 bits per heavy atom. The van der Waals surface area contributed by atoms with E-state index in [9.17, 15) is 22.6 Å². The average Bonchev–Trinajstić information content (AvgIpc) is 2.78. The summed E-state index contributed by atoms with van der Waals surface area (Å²) in [6.07, 6.45) is 0. The topological polar surface area (TPSA) is 101 Å². The zero-order valence-electron chi connectivity index (χ0n) is 11.9. The second kappa shape index (κ2) is 5.18. The van der Waals surface area contributed by atoms with E-state index in [0.29, 0.717) is 0 Å². The third-order valence-electron chi connectivity index (χ3n) is 3.48. The molecular weight excluding hydrogens is 322 g/mol. The van der Waals surface area contributed by atoms with Crippen molar-refractivity contribution >= 4 is 27.6 Å². The van der Waals surface area contributed by atoms with Gasteiger partial charge in [0.05, 0.1) is 23.9 Å². The van der Waals surface area contributed by atoms with Gasteiger partial charge in [0.2, 0.25) is 0 Å². The Balaban J connectivity index is 2.24. The molecule has 118 valence electrons. The highest BCUT2D eigenvalue weighted by atomic mass is 32.2. The molecule has 1 N–H and O–H groups in total. The Labute approximate surface area is 131 Å². The van der Waals surface area contributed by atoms with E-state index in [0.717, 1.165) is 11.0 Å². The monoisotopic (exact) mass is 333 g/mol. The van der Waals surface area contributed by atoms with Crippen molar-refractivity contribution in [2.24, 2.45) is 0 Å². The van der Waals surface area contributed by atoms with E-state index in [-0.39, 0.29) is 22.6 Å². The number of hydrogen-bond donors (Lipinski definition) is 1. The average molecular weight is 333 g/mol. The van der Waals surface area contributed by atoms with Crippen LogP contribution in [0.3, 0.4) is 0 Å². The van der Waals surface area contributed by atoms with Gasteiger partial charge in [0.25, 0.3) is 21.9 Å². The minimum Gasteiger partial charge on any atom is -0.497 e. The first-order chi connectivity index (χ1) is 10.8. The second-order valence-electron chi connectivity index (χ2n) is 4.80. The van der Waals surface area contributed by atoms with Crippen LogP contribution in [0.5, 0.6) is 5.75 Å². The number of imide groups is 1. The van der Waals surface area contributed by atoms with Crippen molar-refractivity contribution < 1.29 is 27.3 Å². The molecule has 0 saturated heterocycles. The molecule has 0 radical (unpaired) electrons. The van der Waals surface area contributed by atoms with Gasteiger partial charge in [0.15, 0.2) is 0 Å². The van der Waals surface area contributed by atoms with Crippen molar-refractivity contribution in [1.29, 1.82) is 0 Å². The van der Waals surface area contributed by atoms with Gasteiger partial charge in [0.1, 0.15) is 10.6 Å². The number of ether oxygens (including phenoxy) is 1. The van der Waals surface area contributed by atoms with E-state index in [2.05, 4.69) is 0 Å². The highest BCUT2D eigenvalue weighted by molar-refractivity contribution is 7.86. The molecule has 1 heterocycles. The fourth-order valence-corrected chi connectivity index (χ4v) is 3.08. The van der Waals surface area contributed by atoms with Crippen molar-refractivity contribution in [3.05, 3.63) is 53.6 Å². The molecule has 0 fully saturated rings. The lowest BCUT2D eigenvalue weighted by molar-refractivity contribution is 0.0925. The van der Waals surface area contributed by atoms with Crippen molar-refractivity contribution in [2.45, 2.75) is 4.90 Å². The molecule has 2 aromatic carbocycles. The lowest BCUT2D eigenvalue weighted by atomic mass is 10.1. The lowest BCUT2D eigenvalue weighted by Gasteiger charge is -2.17. The lowest BCUT2D eigenvalue weighted by Crippen LogP contribution is -2.30. The molecule has 2 aromatic rings. The summed E-state index contributed by atoms with van der Waals surface area (Å²) in [5, 5.41) is 0. The number of fused-ring (bicyclic) bond motifs is 1. The maximum Gasteiger partial charge on any atom is 0.296 e. The molecule has 0 atom stereocenters. The van der Waals surface area contributed by atoms with Crippen LogP contribution in [0.4, 0.5) is 5.69 Å². The van der Waals surface area contributed by atoms with Crippen LogP contribution in [0.1, 0.15) is 20.7 Å². The van der Waals surface area contributed by atoms with Crippen LogP contribution in [0, 0.1) is 0 Å². The summed E-state index contributed by atoms with van der Waals surface area (Å²) < 4.78 is 37.5. The van der Waals surface area contributed by atoms with Gasteiger partial charge in [0, 0.05) is 6.07 Å². The maximum absolute atomic E-state index is 12.5. The molecule has 0 aromatic heterocycles. The van der Waals surface area contributed by atoms with Gasteiger partial charge in [-0.25, -0.2) is 4.90 Å². The van der Waals surface area contributed by atoms with Crippen molar-refractivity contribution in [2.75, 3.05) is 12.0 Å². The number of anilines is 1. The van der Waals surface area contributed by atoms with E-state index in [1.807, 2.05) is 0 Å². The van der Waals surface area contributed by atoms with Gasteiger partial charge in [-0.2, -0.15) is 8.42 Å². The maximum atomic E-state index is 12.5. The summed E-state index contributed by atoms with van der Waals surface area (Å²) in [6, 6.07) is 9.75. The summed E-state index contributed by atoms with van der Waals surface area (Å²) in [4.78, 5) is 25.1. The van der Waals surface area contributed by atoms with E-state index in [1.54, 1.807) is 12.1 Å². The first kappa shape index (κ1) is 15.2. The third kappa shape index (κ3) is 2.37. The van der Waals surface area contributed by atoms with Crippen molar-refractivity contribution in [1.82, 2.24) is 0 Å². The van der Waals surface area contributed by atoms with E-state index in [1.165, 1.54) is 31.4 Å². The highest BCUT2D eigenvalue weighted by Crippen LogP contribution is 2.35. The molecule has 1 aliphatic rings. The molecule has 0 saturated carbocycles. The van der Waals surface area contributed by atoms with Crippen LogP contribution >= 0.6 is 0 Å². The molecule has 0 spiro atoms. The fraction of sp³-hybridized carbons (Fsp3) is 0.0667. The van der Waals surface area contributed by atoms with E-state index < -0.39 is 26.8 Å². The van der Waals surface area contributed by atoms with Gasteiger partial charge < -0.3 is 4.74 Å². The first-order valence-corrected chi connectivity index (χ1v) is 7.92. The van der Waals surface area contributed by atoms with Crippen molar-refractivity contribution in [3.63, 3.8) is 0 Å². The number of hydrogen-bond acceptors (Lipinski definition) is 5. The molecule has 0 unspecified atom stereocenters. The second-order valence-corrected chi connectivity index (χ2v) is 6.19. The summed E-state index contributed by atoms with van der Waals surface area (Å²) in [7, 11) is -3.28. The standard InChI is InChI=1S/C15H11NO6S/c1-22-9-6-7-13(23(19,20)21)12(8-9)16-14(17)10-4-2-3-5-11(10)15(16)18/h2-8H,1H3,(H,19,20,21). The molecule has 1 aliphatic heterocycles. The molecule has 3 rings (SSSR count). The highest BCUT2D eigenvalue weighted by Gasteiger charge is 2.39. The van der Waals surface area contributed by atoms with Gasteiger partial charge >= 0.3 is 0 Å². The third-order valence-corrected chi connectivity index (χ3v) is 4.38. The minimum absolute atomic E-state index is 0.168. The summed E-state index contributed by atoms with van der Waals surface area (Å²) >= 11 is 0. The molecule has 2 amide bonds. The Morgan fingerprint density at radius 1 is 1.00 bits per heavy atom. The number of carbonyl (C=O) groups excluding carboxylic acids is 2. The number of amides is 2. The largest absolute Gasteiger partial charge is 0.497 e. The number of carbonyl (C=O) groups is 2. The van der Waals surface area contributed by atoms with Crippen LogP contribution in [-0.2, 0) is 10.1 Å². The molecule has 8 heteroatoms.